The molecule has 0 saturated heterocycles. The number of nitrogens with two attached hydrogens (primary N) is 2. The van der Waals surface area contributed by atoms with E-state index in [9.17, 15) is 38.8 Å². The second-order valence-electron chi connectivity index (χ2n) is 13.7. The summed E-state index contributed by atoms with van der Waals surface area (Å²) in [5, 5.41) is 31.2. The number of aromatic nitrogens is 2. The predicted octanol–water partition coefficient (Wildman–Crippen LogP) is -0.244. The summed E-state index contributed by atoms with van der Waals surface area (Å²) in [6, 6.07) is 10.3. The molecule has 302 valence electrons. The zero-order valence-electron chi connectivity index (χ0n) is 32.0. The zero-order valence-corrected chi connectivity index (χ0v) is 32.0. The summed E-state index contributed by atoms with van der Waals surface area (Å²) < 4.78 is 0. The van der Waals surface area contributed by atoms with Crippen molar-refractivity contribution in [3.8, 4) is 11.1 Å². The first-order valence-corrected chi connectivity index (χ1v) is 18.8. The van der Waals surface area contributed by atoms with Crippen molar-refractivity contribution in [1.82, 2.24) is 36.6 Å². The third kappa shape index (κ3) is 14.6. The van der Waals surface area contributed by atoms with Crippen LogP contribution < -0.4 is 38.1 Å². The maximum Gasteiger partial charge on any atom is 0.475 e. The van der Waals surface area contributed by atoms with E-state index in [0.717, 1.165) is 30.4 Å². The van der Waals surface area contributed by atoms with Crippen molar-refractivity contribution in [2.75, 3.05) is 6.54 Å². The monoisotopic (exact) mass is 775 g/mol. The number of amides is 6. The molecule has 0 saturated carbocycles. The average molecular weight is 776 g/mol. The summed E-state index contributed by atoms with van der Waals surface area (Å²) in [5.41, 5.74) is 15.0. The van der Waals surface area contributed by atoms with Crippen molar-refractivity contribution in [3.05, 3.63) is 77.9 Å². The number of hydrogen-bond acceptors (Lipinski definition) is 10. The molecule has 3 rings (SSSR count). The first kappa shape index (κ1) is 44.8. The number of carbonyl (C=O) groups is 6. The van der Waals surface area contributed by atoms with Crippen molar-refractivity contribution >= 4 is 42.6 Å². The molecule has 17 nitrogen and oxygen atoms in total. The highest BCUT2D eigenvalue weighted by Gasteiger charge is 2.32. The van der Waals surface area contributed by atoms with E-state index in [2.05, 4.69) is 55.6 Å². The lowest BCUT2D eigenvalue weighted by molar-refractivity contribution is -0.134. The Balaban J connectivity index is 1.73. The summed E-state index contributed by atoms with van der Waals surface area (Å²) in [7, 11) is -1.91. The molecule has 3 aromatic rings. The largest absolute Gasteiger partial charge is 0.475 e. The molecule has 56 heavy (non-hydrogen) atoms. The highest BCUT2D eigenvalue weighted by molar-refractivity contribution is 6.43. The Bertz CT molecular complexity index is 1740. The van der Waals surface area contributed by atoms with Crippen LogP contribution in [0.3, 0.4) is 0 Å². The van der Waals surface area contributed by atoms with E-state index in [1.807, 2.05) is 24.3 Å². The van der Waals surface area contributed by atoms with Gasteiger partial charge in [0.05, 0.1) is 18.7 Å². The van der Waals surface area contributed by atoms with Crippen LogP contribution in [0, 0.1) is 0 Å². The molecule has 0 fully saturated rings. The van der Waals surface area contributed by atoms with E-state index in [1.54, 1.807) is 12.1 Å². The van der Waals surface area contributed by atoms with Gasteiger partial charge in [0.25, 0.3) is 5.91 Å². The molecule has 1 heterocycles. The van der Waals surface area contributed by atoms with Crippen LogP contribution in [-0.4, -0.2) is 99.2 Å². The first-order valence-electron chi connectivity index (χ1n) is 18.8. The second-order valence-corrected chi connectivity index (χ2v) is 13.7. The lowest BCUT2D eigenvalue weighted by Gasteiger charge is -2.25. The Hall–Kier alpha value is -5.59. The van der Waals surface area contributed by atoms with Gasteiger partial charge in [-0.2, -0.15) is 0 Å². The lowest BCUT2D eigenvalue weighted by atomic mass is 9.81. The smallest absolute Gasteiger partial charge is 0.426 e. The molecule has 0 unspecified atom stereocenters. The quantitative estimate of drug-likeness (QED) is 0.0446. The molecule has 0 bridgehead atoms. The Kier molecular flexibility index (Phi) is 18.2. The van der Waals surface area contributed by atoms with Gasteiger partial charge in [-0.25, -0.2) is 4.98 Å². The van der Waals surface area contributed by atoms with Crippen molar-refractivity contribution in [3.63, 3.8) is 0 Å². The number of primary amides is 1. The fourth-order valence-electron chi connectivity index (χ4n) is 5.65. The number of imidazole rings is 1. The second kappa shape index (κ2) is 22.7. The minimum absolute atomic E-state index is 0.0650. The fraction of sp³-hybridized carbons (Fsp3) is 0.447. The minimum atomic E-state index is -1.91. The van der Waals surface area contributed by atoms with Crippen molar-refractivity contribution in [2.45, 2.75) is 102 Å². The molecule has 0 radical (unpaired) electrons. The van der Waals surface area contributed by atoms with Crippen LogP contribution in [0.5, 0.6) is 0 Å². The summed E-state index contributed by atoms with van der Waals surface area (Å²) >= 11 is 0. The number of benzene rings is 2. The minimum Gasteiger partial charge on any atom is -0.426 e. The van der Waals surface area contributed by atoms with Gasteiger partial charge in [0.2, 0.25) is 29.5 Å². The van der Waals surface area contributed by atoms with Gasteiger partial charge in [-0.1, -0.05) is 49.7 Å². The van der Waals surface area contributed by atoms with Crippen LogP contribution in [0.15, 0.2) is 61.1 Å². The molecule has 0 aliphatic rings. The van der Waals surface area contributed by atoms with Crippen LogP contribution in [0.4, 0.5) is 0 Å². The molecule has 5 atom stereocenters. The van der Waals surface area contributed by atoms with Crippen molar-refractivity contribution in [1.29, 1.82) is 0 Å². The van der Waals surface area contributed by atoms with Crippen molar-refractivity contribution < 1.29 is 38.8 Å². The number of carbonyl (C=O) groups excluding carboxylic acids is 6. The fourth-order valence-corrected chi connectivity index (χ4v) is 5.65. The number of rotatable bonds is 23. The Morgan fingerprint density at radius 3 is 1.95 bits per heavy atom. The number of nitrogens with one attached hydrogen (secondary N) is 6. The van der Waals surface area contributed by atoms with Gasteiger partial charge in [-0.15, -0.1) is 0 Å². The van der Waals surface area contributed by atoms with E-state index in [-0.39, 0.29) is 12.8 Å². The molecule has 2 aromatic carbocycles. The van der Waals surface area contributed by atoms with Gasteiger partial charge in [-0.05, 0) is 81.3 Å². The van der Waals surface area contributed by atoms with Crippen LogP contribution in [0.25, 0.3) is 11.1 Å². The molecular weight excluding hydrogens is 721 g/mol. The molecule has 6 amide bonds. The van der Waals surface area contributed by atoms with Gasteiger partial charge in [0.15, 0.2) is 0 Å². The summed E-state index contributed by atoms with van der Waals surface area (Å²) in [4.78, 5) is 85.1. The van der Waals surface area contributed by atoms with E-state index in [0.29, 0.717) is 30.6 Å². The van der Waals surface area contributed by atoms with Gasteiger partial charge < -0.3 is 53.1 Å². The zero-order chi connectivity index (χ0) is 41.2. The van der Waals surface area contributed by atoms with Crippen LogP contribution in [0.2, 0.25) is 0 Å². The molecule has 12 N–H and O–H groups in total. The molecule has 0 spiro atoms. The van der Waals surface area contributed by atoms with Gasteiger partial charge >= 0.3 is 7.12 Å². The average Bonchev–Trinajstić information content (AvgIpc) is 3.69. The summed E-state index contributed by atoms with van der Waals surface area (Å²) in [5.74, 6) is -5.74. The normalized spacial score (nSPS) is 13.6. The Labute approximate surface area is 326 Å². The molecule has 1 aromatic heterocycles. The van der Waals surface area contributed by atoms with E-state index < -0.39 is 79.1 Å². The number of aryl methyl sites for hydroxylation is 1. The number of aromatic amines is 1. The Morgan fingerprint density at radius 1 is 0.768 bits per heavy atom. The van der Waals surface area contributed by atoms with Gasteiger partial charge in [0, 0.05) is 23.9 Å². The highest BCUT2D eigenvalue weighted by Crippen LogP contribution is 2.21. The van der Waals surface area contributed by atoms with Crippen LogP contribution >= 0.6 is 0 Å². The maximum atomic E-state index is 13.8. The van der Waals surface area contributed by atoms with E-state index >= 15 is 0 Å². The van der Waals surface area contributed by atoms with Gasteiger partial charge in [-0.3, -0.25) is 28.8 Å². The Morgan fingerprint density at radius 2 is 1.38 bits per heavy atom. The molecule has 18 heteroatoms. The van der Waals surface area contributed by atoms with Crippen LogP contribution in [0.1, 0.15) is 80.9 Å². The van der Waals surface area contributed by atoms with Crippen molar-refractivity contribution in [2.24, 2.45) is 11.5 Å². The van der Waals surface area contributed by atoms with Crippen LogP contribution in [-0.2, 0) is 36.8 Å². The first-order chi connectivity index (χ1) is 26.7. The number of H-pyrrole nitrogens is 1. The molecule has 0 aliphatic heterocycles. The molecule has 0 aliphatic carbocycles. The third-order valence-corrected chi connectivity index (χ3v) is 9.04. The summed E-state index contributed by atoms with van der Waals surface area (Å²) in [6.07, 6.45) is 6.76. The topological polar surface area (TPSA) is 284 Å². The standard InChI is InChI=1S/C38H54BN9O8/c1-4-5-8-25-10-12-26(13-11-25)27-14-16-28(17-15-27)35(51)46-30(9-6-7-18-40)36(52)48-31(19-29-21-42-22-43-29)37(53)44-23(2)34(50)47-32(20-33(41)49)38(54)45-24(3)39(55)56/h10-17,21-24,30-32,55-56H,4-9,18-20,40H2,1-3H3,(H2,41,49)(H,42,43)(H,44,53)(H,45,54)(H,46,51)(H,47,50)(H,48,52)/t23-,24-,30-,31-,32-/m0/s1. The SMILES string of the molecule is CCCCc1ccc(-c2ccc(C(=O)N[C@@H](CCCCN)C(=O)N[C@@H](Cc3cnc[nH]3)C(=O)N[C@@H](C)C(=O)N[C@@H](CC(N)=O)C(=O)N[C@@H](C)B(O)O)cc2)cc1. The predicted molar refractivity (Wildman–Crippen MR) is 210 cm³/mol. The molecular formula is C38H54BN9O8. The van der Waals surface area contributed by atoms with E-state index in [4.69, 9.17) is 11.5 Å². The highest BCUT2D eigenvalue weighted by atomic mass is 16.4. The number of unbranched alkanes of at least 4 members (excludes halogenated alkanes) is 2. The maximum absolute atomic E-state index is 13.8. The summed E-state index contributed by atoms with van der Waals surface area (Å²) in [6.45, 7) is 5.15. The lowest BCUT2D eigenvalue weighted by Crippen LogP contribution is -2.59. The van der Waals surface area contributed by atoms with Gasteiger partial charge in [0.1, 0.15) is 24.2 Å². The number of nitrogens with zero attached hydrogens (tertiary/aromatic N) is 1. The third-order valence-electron chi connectivity index (χ3n) is 9.04. The number of hydrogen-bond donors (Lipinski definition) is 10. The van der Waals surface area contributed by atoms with E-state index in [1.165, 1.54) is 31.9 Å².